The predicted molar refractivity (Wildman–Crippen MR) is 120 cm³/mol. The van der Waals surface area contributed by atoms with Crippen LogP contribution in [0.25, 0.3) is 0 Å². The summed E-state index contributed by atoms with van der Waals surface area (Å²) in [5.41, 5.74) is 1.22. The van der Waals surface area contributed by atoms with E-state index in [1.807, 2.05) is 11.5 Å². The Morgan fingerprint density at radius 3 is 2.74 bits per heavy atom. The molecule has 3 rings (SSSR count). The van der Waals surface area contributed by atoms with Gasteiger partial charge in [0.05, 0.1) is 26.9 Å². The molecule has 2 aromatic rings. The molecule has 0 bridgehead atoms. The summed E-state index contributed by atoms with van der Waals surface area (Å²) in [5, 5.41) is 11.4. The quantitative estimate of drug-likeness (QED) is 0.625. The van der Waals surface area contributed by atoms with Crippen molar-refractivity contribution in [3.63, 3.8) is 0 Å². The van der Waals surface area contributed by atoms with Crippen LogP contribution in [0, 0.1) is 18.4 Å². The predicted octanol–water partition coefficient (Wildman–Crippen LogP) is 3.14. The summed E-state index contributed by atoms with van der Waals surface area (Å²) < 4.78 is 23.6. The first-order valence-corrected chi connectivity index (χ1v) is 12.4. The third-order valence-electron chi connectivity index (χ3n) is 5.22. The molecule has 1 fully saturated rings. The lowest BCUT2D eigenvalue weighted by Crippen LogP contribution is -2.32. The molecule has 2 unspecified atom stereocenters. The fourth-order valence-corrected chi connectivity index (χ4v) is 4.76. The second kappa shape index (κ2) is 9.77. The normalized spacial score (nSPS) is 17.9. The number of amides is 1. The summed E-state index contributed by atoms with van der Waals surface area (Å²) >= 11 is 3.34. The molecule has 0 spiro atoms. The average Bonchev–Trinajstić information content (AvgIpc) is 2.77. The van der Waals surface area contributed by atoms with E-state index in [1.165, 1.54) is 6.26 Å². The first-order chi connectivity index (χ1) is 14.7. The van der Waals surface area contributed by atoms with Crippen molar-refractivity contribution in [2.45, 2.75) is 37.2 Å². The maximum Gasteiger partial charge on any atom is 0.257 e. The SMILES string of the molecule is Cc1c(Br)c(=O)c(C(=O)NCc2ccc(S(C)(=O)=NC#N)cc2)cn1C1CCCOC1. The van der Waals surface area contributed by atoms with Crippen LogP contribution in [0.3, 0.4) is 0 Å². The van der Waals surface area contributed by atoms with Crippen molar-refractivity contribution in [1.29, 1.82) is 5.26 Å². The van der Waals surface area contributed by atoms with Crippen molar-refractivity contribution in [2.24, 2.45) is 4.36 Å². The molecule has 1 aromatic heterocycles. The van der Waals surface area contributed by atoms with Crippen molar-refractivity contribution in [3.05, 3.63) is 62.0 Å². The highest BCUT2D eigenvalue weighted by Gasteiger charge is 2.22. The number of nitriles is 1. The van der Waals surface area contributed by atoms with Gasteiger partial charge in [0.25, 0.3) is 5.91 Å². The maximum atomic E-state index is 12.8. The monoisotopic (exact) mass is 506 g/mol. The molecule has 0 aliphatic carbocycles. The number of hydrogen-bond acceptors (Lipinski definition) is 6. The number of nitrogens with zero attached hydrogens (tertiary/aromatic N) is 3. The van der Waals surface area contributed by atoms with E-state index in [0.717, 1.165) is 30.7 Å². The minimum absolute atomic E-state index is 0.0593. The van der Waals surface area contributed by atoms with Gasteiger partial charge in [-0.05, 0) is 53.4 Å². The molecular weight excluding hydrogens is 484 g/mol. The summed E-state index contributed by atoms with van der Waals surface area (Å²) in [7, 11) is -2.76. The Bertz CT molecular complexity index is 1200. The van der Waals surface area contributed by atoms with Gasteiger partial charge in [-0.3, -0.25) is 9.59 Å². The minimum atomic E-state index is -2.76. The van der Waals surface area contributed by atoms with Crippen molar-refractivity contribution in [2.75, 3.05) is 19.5 Å². The van der Waals surface area contributed by atoms with Gasteiger partial charge in [0, 0.05) is 36.2 Å². The zero-order valence-corrected chi connectivity index (χ0v) is 19.7. The zero-order chi connectivity index (χ0) is 22.6. The van der Waals surface area contributed by atoms with E-state index in [1.54, 1.807) is 36.7 Å². The van der Waals surface area contributed by atoms with E-state index in [4.69, 9.17) is 10.00 Å². The van der Waals surface area contributed by atoms with Crippen molar-refractivity contribution < 1.29 is 13.7 Å². The van der Waals surface area contributed by atoms with E-state index in [0.29, 0.717) is 16.0 Å². The highest BCUT2D eigenvalue weighted by Crippen LogP contribution is 2.24. The number of ether oxygens (including phenoxy) is 1. The molecule has 2 atom stereocenters. The number of pyridine rings is 1. The number of hydrogen-bond donors (Lipinski definition) is 1. The molecule has 164 valence electrons. The third-order valence-corrected chi connectivity index (χ3v) is 7.73. The van der Waals surface area contributed by atoms with E-state index in [-0.39, 0.29) is 23.6 Å². The van der Waals surface area contributed by atoms with Crippen LogP contribution < -0.4 is 10.7 Å². The lowest BCUT2D eigenvalue weighted by atomic mass is 10.1. The Morgan fingerprint density at radius 2 is 2.13 bits per heavy atom. The molecule has 8 nitrogen and oxygen atoms in total. The summed E-state index contributed by atoms with van der Waals surface area (Å²) in [6, 6.07) is 6.71. The second-order valence-corrected chi connectivity index (χ2v) is 10.4. The van der Waals surface area contributed by atoms with Crippen LogP contribution in [0.4, 0.5) is 0 Å². The minimum Gasteiger partial charge on any atom is -0.379 e. The maximum absolute atomic E-state index is 12.8. The van der Waals surface area contributed by atoms with Crippen LogP contribution in [-0.4, -0.2) is 34.2 Å². The van der Waals surface area contributed by atoms with Crippen LogP contribution >= 0.6 is 15.9 Å². The number of halogens is 1. The van der Waals surface area contributed by atoms with Crippen molar-refractivity contribution >= 4 is 31.6 Å². The highest BCUT2D eigenvalue weighted by atomic mass is 79.9. The molecule has 0 saturated carbocycles. The molecule has 10 heteroatoms. The molecule has 0 radical (unpaired) electrons. The summed E-state index contributed by atoms with van der Waals surface area (Å²) in [6.07, 6.45) is 6.42. The van der Waals surface area contributed by atoms with Gasteiger partial charge in [0.1, 0.15) is 5.56 Å². The van der Waals surface area contributed by atoms with Gasteiger partial charge in [0.2, 0.25) is 11.6 Å². The first-order valence-electron chi connectivity index (χ1n) is 9.71. The number of benzene rings is 1. The molecule has 1 amide bonds. The lowest BCUT2D eigenvalue weighted by molar-refractivity contribution is 0.0581. The standard InChI is InChI=1S/C21H23BrN4O4S/c1-14-19(22)20(27)18(11-26(14)16-4-3-9-30-12-16)21(28)24-10-15-5-7-17(8-6-15)31(2,29)25-13-23/h5-8,11,16H,3-4,9-10,12H2,1-2H3,(H,24,28). The summed E-state index contributed by atoms with van der Waals surface area (Å²) in [4.78, 5) is 25.9. The molecular formula is C21H23BrN4O4S. The third kappa shape index (κ3) is 5.23. The van der Waals surface area contributed by atoms with Gasteiger partial charge in [-0.2, -0.15) is 5.26 Å². The van der Waals surface area contributed by atoms with Gasteiger partial charge in [-0.15, -0.1) is 4.36 Å². The van der Waals surface area contributed by atoms with Crippen molar-refractivity contribution in [3.8, 4) is 6.19 Å². The fraction of sp³-hybridized carbons (Fsp3) is 0.381. The van der Waals surface area contributed by atoms with Gasteiger partial charge in [0.15, 0.2) is 0 Å². The van der Waals surface area contributed by atoms with E-state index >= 15 is 0 Å². The number of nitrogens with one attached hydrogen (secondary N) is 1. The number of carbonyl (C=O) groups excluding carboxylic acids is 1. The van der Waals surface area contributed by atoms with E-state index in [2.05, 4.69) is 25.6 Å². The Balaban J connectivity index is 1.78. The molecule has 1 N–H and O–H groups in total. The van der Waals surface area contributed by atoms with Gasteiger partial charge in [-0.25, -0.2) is 4.21 Å². The zero-order valence-electron chi connectivity index (χ0n) is 17.3. The number of aromatic nitrogens is 1. The molecule has 1 aromatic carbocycles. The fourth-order valence-electron chi connectivity index (χ4n) is 3.44. The summed E-state index contributed by atoms with van der Waals surface area (Å²) in [6.45, 7) is 3.30. The van der Waals surface area contributed by atoms with Crippen LogP contribution in [0.2, 0.25) is 0 Å². The van der Waals surface area contributed by atoms with Gasteiger partial charge < -0.3 is 14.6 Å². The molecule has 2 heterocycles. The number of carbonyl (C=O) groups is 1. The van der Waals surface area contributed by atoms with Crippen LogP contribution in [0.1, 0.15) is 40.5 Å². The Kier molecular flexibility index (Phi) is 7.30. The Morgan fingerprint density at radius 1 is 1.42 bits per heavy atom. The smallest absolute Gasteiger partial charge is 0.257 e. The molecule has 1 saturated heterocycles. The average molecular weight is 507 g/mol. The van der Waals surface area contributed by atoms with Crippen LogP contribution in [0.5, 0.6) is 0 Å². The molecule has 1 aliphatic rings. The largest absolute Gasteiger partial charge is 0.379 e. The van der Waals surface area contributed by atoms with Crippen LogP contribution in [0.15, 0.2) is 49.0 Å². The molecule has 31 heavy (non-hydrogen) atoms. The van der Waals surface area contributed by atoms with Gasteiger partial charge >= 0.3 is 0 Å². The number of rotatable bonds is 5. The molecule has 1 aliphatic heterocycles. The highest BCUT2D eigenvalue weighted by molar-refractivity contribution is 9.10. The van der Waals surface area contributed by atoms with Crippen molar-refractivity contribution in [1.82, 2.24) is 9.88 Å². The lowest BCUT2D eigenvalue weighted by Gasteiger charge is -2.27. The topological polar surface area (TPSA) is 114 Å². The Hall–Kier alpha value is -2.48. The first kappa shape index (κ1) is 23.2. The van der Waals surface area contributed by atoms with E-state index < -0.39 is 15.6 Å². The summed E-state index contributed by atoms with van der Waals surface area (Å²) in [5.74, 6) is -0.473. The van der Waals surface area contributed by atoms with Gasteiger partial charge in [-0.1, -0.05) is 12.1 Å². The second-order valence-electron chi connectivity index (χ2n) is 7.37. The van der Waals surface area contributed by atoms with E-state index in [9.17, 15) is 13.8 Å². The van der Waals surface area contributed by atoms with Crippen LogP contribution in [-0.2, 0) is 21.0 Å². The Labute approximate surface area is 189 Å².